The molecule has 0 unspecified atom stereocenters. The fraction of sp³-hybridized carbons (Fsp3) is 0.588. The van der Waals surface area contributed by atoms with Gasteiger partial charge in [0.1, 0.15) is 11.4 Å². The summed E-state index contributed by atoms with van der Waals surface area (Å²) in [6.45, 7) is 6.83. The maximum atomic E-state index is 13.1. The van der Waals surface area contributed by atoms with Crippen LogP contribution < -0.4 is 10.6 Å². The SMILES string of the molecule is CC(C)(C)OC(=O)NC1(CNCc2ccc(F)cc2Br)CCC1. The first kappa shape index (κ1) is 18.2. The number of amides is 1. The summed E-state index contributed by atoms with van der Waals surface area (Å²) >= 11 is 3.36. The zero-order valence-corrected chi connectivity index (χ0v) is 15.4. The quantitative estimate of drug-likeness (QED) is 0.799. The average Bonchev–Trinajstić information content (AvgIpc) is 2.36. The van der Waals surface area contributed by atoms with E-state index in [4.69, 9.17) is 4.74 Å². The summed E-state index contributed by atoms with van der Waals surface area (Å²) < 4.78 is 19.2. The molecular formula is C17H24BrFN2O2. The highest BCUT2D eigenvalue weighted by Gasteiger charge is 2.39. The van der Waals surface area contributed by atoms with Crippen LogP contribution in [0.3, 0.4) is 0 Å². The summed E-state index contributed by atoms with van der Waals surface area (Å²) in [7, 11) is 0. The summed E-state index contributed by atoms with van der Waals surface area (Å²) in [6.07, 6.45) is 2.59. The van der Waals surface area contributed by atoms with E-state index in [0.717, 1.165) is 29.3 Å². The van der Waals surface area contributed by atoms with Crippen molar-refractivity contribution >= 4 is 22.0 Å². The lowest BCUT2D eigenvalue weighted by Crippen LogP contribution is -2.59. The van der Waals surface area contributed by atoms with Gasteiger partial charge in [-0.25, -0.2) is 9.18 Å². The van der Waals surface area contributed by atoms with Gasteiger partial charge in [0.25, 0.3) is 0 Å². The molecule has 1 saturated carbocycles. The number of carbonyl (C=O) groups is 1. The van der Waals surface area contributed by atoms with Crippen LogP contribution in [0.4, 0.5) is 9.18 Å². The first-order valence-electron chi connectivity index (χ1n) is 7.85. The molecule has 1 aliphatic rings. The number of hydrogen-bond donors (Lipinski definition) is 2. The average molecular weight is 387 g/mol. The minimum absolute atomic E-state index is 0.241. The molecule has 0 aromatic heterocycles. The normalized spacial score (nSPS) is 16.6. The van der Waals surface area contributed by atoms with Gasteiger partial charge in [-0.3, -0.25) is 0 Å². The molecule has 128 valence electrons. The van der Waals surface area contributed by atoms with Crippen LogP contribution >= 0.6 is 15.9 Å². The van der Waals surface area contributed by atoms with Crippen LogP contribution in [0.1, 0.15) is 45.6 Å². The van der Waals surface area contributed by atoms with Crippen molar-refractivity contribution in [2.75, 3.05) is 6.54 Å². The number of rotatable bonds is 5. The van der Waals surface area contributed by atoms with Crippen molar-refractivity contribution in [3.05, 3.63) is 34.1 Å². The Labute approximate surface area is 145 Å². The molecule has 1 fully saturated rings. The van der Waals surface area contributed by atoms with E-state index in [2.05, 4.69) is 26.6 Å². The third-order valence-electron chi connectivity index (χ3n) is 3.87. The molecule has 6 heteroatoms. The van der Waals surface area contributed by atoms with E-state index in [-0.39, 0.29) is 17.4 Å². The molecular weight excluding hydrogens is 363 g/mol. The van der Waals surface area contributed by atoms with E-state index >= 15 is 0 Å². The van der Waals surface area contributed by atoms with Crippen LogP contribution in [0.2, 0.25) is 0 Å². The zero-order valence-electron chi connectivity index (χ0n) is 13.8. The molecule has 1 amide bonds. The number of ether oxygens (including phenoxy) is 1. The molecule has 0 atom stereocenters. The Bertz CT molecular complexity index is 568. The van der Waals surface area contributed by atoms with Crippen molar-refractivity contribution in [1.29, 1.82) is 0 Å². The molecule has 1 aromatic carbocycles. The largest absolute Gasteiger partial charge is 0.444 e. The molecule has 23 heavy (non-hydrogen) atoms. The predicted molar refractivity (Wildman–Crippen MR) is 91.8 cm³/mol. The summed E-state index contributed by atoms with van der Waals surface area (Å²) in [5.41, 5.74) is 0.245. The molecule has 0 radical (unpaired) electrons. The van der Waals surface area contributed by atoms with Gasteiger partial charge in [-0.15, -0.1) is 0 Å². The molecule has 0 heterocycles. The molecule has 0 saturated heterocycles. The minimum atomic E-state index is -0.499. The molecule has 4 nitrogen and oxygen atoms in total. The standard InChI is InChI=1S/C17H24BrFN2O2/c1-16(2,3)23-15(22)21-17(7-4-8-17)11-20-10-12-5-6-13(19)9-14(12)18/h5-6,9,20H,4,7-8,10-11H2,1-3H3,(H,21,22). The number of nitrogens with one attached hydrogen (secondary N) is 2. The topological polar surface area (TPSA) is 50.4 Å². The molecule has 0 bridgehead atoms. The second-order valence-electron chi connectivity index (χ2n) is 7.10. The second kappa shape index (κ2) is 7.18. The van der Waals surface area contributed by atoms with Crippen LogP contribution in [-0.2, 0) is 11.3 Å². The summed E-state index contributed by atoms with van der Waals surface area (Å²) in [6, 6.07) is 4.65. The monoisotopic (exact) mass is 386 g/mol. The highest BCUT2D eigenvalue weighted by Crippen LogP contribution is 2.31. The fourth-order valence-corrected chi connectivity index (χ4v) is 3.06. The van der Waals surface area contributed by atoms with Crippen molar-refractivity contribution in [2.24, 2.45) is 0 Å². The van der Waals surface area contributed by atoms with Gasteiger partial charge in [0.2, 0.25) is 0 Å². The minimum Gasteiger partial charge on any atom is -0.444 e. The van der Waals surface area contributed by atoms with E-state index in [1.165, 1.54) is 12.1 Å². The Morgan fingerprint density at radius 1 is 1.39 bits per heavy atom. The van der Waals surface area contributed by atoms with Crippen LogP contribution in [0.15, 0.2) is 22.7 Å². The number of alkyl carbamates (subject to hydrolysis) is 1. The first-order chi connectivity index (χ1) is 10.7. The maximum Gasteiger partial charge on any atom is 0.408 e. The fourth-order valence-electron chi connectivity index (χ4n) is 2.57. The van der Waals surface area contributed by atoms with E-state index in [1.54, 1.807) is 6.07 Å². The van der Waals surface area contributed by atoms with E-state index in [0.29, 0.717) is 13.1 Å². The second-order valence-corrected chi connectivity index (χ2v) is 7.95. The highest BCUT2D eigenvalue weighted by molar-refractivity contribution is 9.10. The van der Waals surface area contributed by atoms with E-state index in [1.807, 2.05) is 20.8 Å². The van der Waals surface area contributed by atoms with Crippen LogP contribution in [0.25, 0.3) is 0 Å². The maximum absolute atomic E-state index is 13.1. The Balaban J connectivity index is 1.86. The Kier molecular flexibility index (Phi) is 5.68. The van der Waals surface area contributed by atoms with Gasteiger partial charge in [-0.2, -0.15) is 0 Å². The van der Waals surface area contributed by atoms with Crippen molar-refractivity contribution < 1.29 is 13.9 Å². The van der Waals surface area contributed by atoms with Gasteiger partial charge in [0.15, 0.2) is 0 Å². The van der Waals surface area contributed by atoms with Gasteiger partial charge >= 0.3 is 6.09 Å². The van der Waals surface area contributed by atoms with Crippen molar-refractivity contribution in [3.63, 3.8) is 0 Å². The molecule has 2 N–H and O–H groups in total. The van der Waals surface area contributed by atoms with Crippen LogP contribution in [0, 0.1) is 5.82 Å². The molecule has 0 spiro atoms. The predicted octanol–water partition coefficient (Wildman–Crippen LogP) is 4.13. The number of hydrogen-bond acceptors (Lipinski definition) is 3. The third-order valence-corrected chi connectivity index (χ3v) is 4.61. The molecule has 0 aliphatic heterocycles. The molecule has 1 aromatic rings. The lowest BCUT2D eigenvalue weighted by atomic mass is 9.76. The summed E-state index contributed by atoms with van der Waals surface area (Å²) in [5.74, 6) is -0.261. The van der Waals surface area contributed by atoms with Crippen LogP contribution in [-0.4, -0.2) is 23.8 Å². The van der Waals surface area contributed by atoms with Crippen molar-refractivity contribution in [3.8, 4) is 0 Å². The van der Waals surface area contributed by atoms with Gasteiger partial charge in [-0.1, -0.05) is 22.0 Å². The third kappa shape index (κ3) is 5.46. The highest BCUT2D eigenvalue weighted by atomic mass is 79.9. The molecule has 2 rings (SSSR count). The smallest absolute Gasteiger partial charge is 0.408 e. The number of carbonyl (C=O) groups excluding carboxylic acids is 1. The van der Waals surface area contributed by atoms with Gasteiger partial charge in [0.05, 0.1) is 5.54 Å². The zero-order chi connectivity index (χ0) is 17.1. The molecule has 1 aliphatic carbocycles. The summed E-state index contributed by atoms with van der Waals surface area (Å²) in [4.78, 5) is 12.0. The lowest BCUT2D eigenvalue weighted by molar-refractivity contribution is 0.0382. The summed E-state index contributed by atoms with van der Waals surface area (Å²) in [5, 5.41) is 6.35. The van der Waals surface area contributed by atoms with Gasteiger partial charge < -0.3 is 15.4 Å². The van der Waals surface area contributed by atoms with Gasteiger partial charge in [0, 0.05) is 17.6 Å². The van der Waals surface area contributed by atoms with E-state index < -0.39 is 5.60 Å². The lowest BCUT2D eigenvalue weighted by Gasteiger charge is -2.42. The first-order valence-corrected chi connectivity index (χ1v) is 8.64. The number of halogens is 2. The van der Waals surface area contributed by atoms with Crippen molar-refractivity contribution in [2.45, 2.75) is 57.7 Å². The van der Waals surface area contributed by atoms with Crippen LogP contribution in [0.5, 0.6) is 0 Å². The van der Waals surface area contributed by atoms with Crippen molar-refractivity contribution in [1.82, 2.24) is 10.6 Å². The van der Waals surface area contributed by atoms with Gasteiger partial charge in [-0.05, 0) is 57.7 Å². The Morgan fingerprint density at radius 2 is 2.09 bits per heavy atom. The van der Waals surface area contributed by atoms with E-state index in [9.17, 15) is 9.18 Å². The Hall–Kier alpha value is -1.14. The Morgan fingerprint density at radius 3 is 2.61 bits per heavy atom. The number of benzene rings is 1.